The molecule has 2 atom stereocenters. The normalized spacial score (nSPS) is 14.6. The van der Waals surface area contributed by atoms with Crippen LogP contribution in [-0.4, -0.2) is 70.0 Å². The zero-order valence-electron chi connectivity index (χ0n) is 53.0. The summed E-state index contributed by atoms with van der Waals surface area (Å²) in [5.74, 6) is -0.963. The summed E-state index contributed by atoms with van der Waals surface area (Å²) in [6.45, 7) is 3.87. The predicted molar refractivity (Wildman–Crippen MR) is 359 cm³/mol. The fraction of sp³-hybridized carbons (Fsp3) is 0.514. The van der Waals surface area contributed by atoms with Crippen LogP contribution in [0.15, 0.2) is 207 Å². The van der Waals surface area contributed by atoms with Gasteiger partial charge in [-0.25, -0.2) is 0 Å². The summed E-state index contributed by atoms with van der Waals surface area (Å²) >= 11 is 0. The number of carbonyl (C=O) groups is 2. The van der Waals surface area contributed by atoms with Crippen molar-refractivity contribution in [3.05, 3.63) is 207 Å². The summed E-state index contributed by atoms with van der Waals surface area (Å²) in [4.78, 5) is 37.9. The average molecular weight is 1180 g/mol. The maximum Gasteiger partial charge on any atom is 0.306 e. The Morgan fingerprint density at radius 3 is 1.00 bits per heavy atom. The van der Waals surface area contributed by atoms with E-state index in [2.05, 4.69) is 208 Å². The number of allylic oxidation sites excluding steroid dienone is 34. The van der Waals surface area contributed by atoms with Crippen LogP contribution < -0.4 is 4.89 Å². The molecule has 84 heavy (non-hydrogen) atoms. The number of esters is 2. The summed E-state index contributed by atoms with van der Waals surface area (Å²) in [7, 11) is 1.09. The zero-order valence-corrected chi connectivity index (χ0v) is 53.9. The fourth-order valence-electron chi connectivity index (χ4n) is 7.51. The summed E-state index contributed by atoms with van der Waals surface area (Å²) in [6.07, 6.45) is 99.1. The molecule has 0 bridgehead atoms. The summed E-state index contributed by atoms with van der Waals surface area (Å²) in [5.41, 5.74) is 0. The van der Waals surface area contributed by atoms with Crippen molar-refractivity contribution in [2.45, 2.75) is 200 Å². The molecule has 0 aliphatic heterocycles. The highest BCUT2D eigenvalue weighted by Gasteiger charge is 2.21. The SMILES string of the molecule is CC/C=C\C/C=C\C/C=C\C/C=C\C/C=C\C/C=C\C/C=C\C/C=C\C/C=C\C/C=C\C/C=C\CCCCCCCCCC(=O)OC(COC(=O)CC/C=C\C/C=C\C/C=C\C/C=C\C/C=C\C/C=C\CC)COP(=O)([O-])OCC[N+](C)(C)C. The molecule has 0 aliphatic rings. The van der Waals surface area contributed by atoms with Gasteiger partial charge in [-0.15, -0.1) is 0 Å². The van der Waals surface area contributed by atoms with Gasteiger partial charge in [0.1, 0.15) is 19.8 Å². The van der Waals surface area contributed by atoms with Crippen molar-refractivity contribution >= 4 is 19.8 Å². The van der Waals surface area contributed by atoms with E-state index in [1.54, 1.807) is 0 Å². The van der Waals surface area contributed by atoms with Crippen LogP contribution in [-0.2, 0) is 32.7 Å². The second-order valence-corrected chi connectivity index (χ2v) is 22.7. The number of nitrogens with zero attached hydrogens (tertiary/aromatic N) is 1. The molecule has 0 heterocycles. The van der Waals surface area contributed by atoms with Gasteiger partial charge in [-0.05, 0) is 135 Å². The van der Waals surface area contributed by atoms with Gasteiger partial charge in [-0.3, -0.25) is 14.2 Å². The van der Waals surface area contributed by atoms with E-state index in [-0.39, 0.29) is 26.1 Å². The topological polar surface area (TPSA) is 111 Å². The first-order valence-corrected chi connectivity index (χ1v) is 33.3. The highest BCUT2D eigenvalue weighted by atomic mass is 31.2. The minimum Gasteiger partial charge on any atom is -0.756 e. The molecule has 10 heteroatoms. The fourth-order valence-corrected chi connectivity index (χ4v) is 8.24. The Hall–Kier alpha value is -5.41. The van der Waals surface area contributed by atoms with Crippen molar-refractivity contribution in [3.63, 3.8) is 0 Å². The van der Waals surface area contributed by atoms with E-state index in [1.165, 1.54) is 6.42 Å². The van der Waals surface area contributed by atoms with Gasteiger partial charge in [0.2, 0.25) is 0 Å². The Morgan fingerprint density at radius 1 is 0.369 bits per heavy atom. The molecule has 0 aromatic heterocycles. The number of phosphoric acid groups is 1. The van der Waals surface area contributed by atoms with E-state index in [0.717, 1.165) is 148 Å². The van der Waals surface area contributed by atoms with Gasteiger partial charge in [-0.2, -0.15) is 0 Å². The molecular weight excluding hydrogens is 1060 g/mol. The van der Waals surface area contributed by atoms with Crippen LogP contribution in [0.5, 0.6) is 0 Å². The van der Waals surface area contributed by atoms with Crippen LogP contribution in [0.25, 0.3) is 0 Å². The van der Waals surface area contributed by atoms with Gasteiger partial charge >= 0.3 is 11.9 Å². The first-order valence-electron chi connectivity index (χ1n) is 31.8. The molecule has 0 aromatic carbocycles. The van der Waals surface area contributed by atoms with Crippen molar-refractivity contribution in [3.8, 4) is 0 Å². The maximum atomic E-state index is 12.8. The van der Waals surface area contributed by atoms with Gasteiger partial charge < -0.3 is 27.9 Å². The molecule has 2 unspecified atom stereocenters. The van der Waals surface area contributed by atoms with Crippen LogP contribution in [0.1, 0.15) is 194 Å². The molecule has 0 N–H and O–H groups in total. The van der Waals surface area contributed by atoms with E-state index >= 15 is 0 Å². The number of hydrogen-bond donors (Lipinski definition) is 0. The molecule has 0 saturated heterocycles. The number of carbonyl (C=O) groups excluding carboxylic acids is 2. The number of rotatable bonds is 55. The highest BCUT2D eigenvalue weighted by molar-refractivity contribution is 7.45. The highest BCUT2D eigenvalue weighted by Crippen LogP contribution is 2.38. The van der Waals surface area contributed by atoms with Gasteiger partial charge in [-0.1, -0.05) is 253 Å². The molecule has 0 fully saturated rings. The van der Waals surface area contributed by atoms with Crippen molar-refractivity contribution in [2.24, 2.45) is 0 Å². The van der Waals surface area contributed by atoms with Crippen LogP contribution >= 0.6 is 7.82 Å². The first kappa shape index (κ1) is 78.6. The van der Waals surface area contributed by atoms with Gasteiger partial charge in [0, 0.05) is 12.8 Å². The lowest BCUT2D eigenvalue weighted by Crippen LogP contribution is -2.37. The smallest absolute Gasteiger partial charge is 0.306 e. The third-order valence-electron chi connectivity index (χ3n) is 12.3. The molecule has 0 amide bonds. The molecule has 0 aromatic rings. The number of unbranched alkanes of at least 4 members (excludes halogenated alkanes) is 7. The van der Waals surface area contributed by atoms with Crippen LogP contribution in [0.3, 0.4) is 0 Å². The Morgan fingerprint density at radius 2 is 0.667 bits per heavy atom. The third kappa shape index (κ3) is 65.7. The van der Waals surface area contributed by atoms with Crippen LogP contribution in [0.2, 0.25) is 0 Å². The molecule has 468 valence electrons. The van der Waals surface area contributed by atoms with E-state index in [1.807, 2.05) is 33.3 Å². The molecule has 0 rings (SSSR count). The average Bonchev–Trinajstić information content (AvgIpc) is 3.61. The zero-order chi connectivity index (χ0) is 61.2. The summed E-state index contributed by atoms with van der Waals surface area (Å²) in [6, 6.07) is 0. The van der Waals surface area contributed by atoms with Gasteiger partial charge in [0.15, 0.2) is 6.10 Å². The number of quaternary nitrogens is 1. The summed E-state index contributed by atoms with van der Waals surface area (Å²) < 4.78 is 34.0. The third-order valence-corrected chi connectivity index (χ3v) is 13.3. The standard InChI is InChI=1S/C74H114NO8P/c1-6-8-10-12-14-16-18-20-22-24-26-27-28-29-30-31-32-33-34-35-36-37-38-39-40-41-42-43-44-45-46-47-49-51-53-55-57-59-61-63-65-67-74(77)83-72(71-82-84(78,79)81-69-68-75(3,4)5)70-80-73(76)66-64-62-60-58-56-54-52-50-48-25-23-21-19-17-15-13-11-9-7-2/h8-11,14-17,20-23,26-27,29-30,32-33,35-36,38-39,41-42,44-45,47-50,54,56,60,62,72H,6-7,12-13,18-19,24-25,28,31,34,37,40,43,46,51-53,55,57-59,61,63-71H2,1-5H3/b10-8-,11-9-,16-14-,17-15-,22-20-,23-21-,27-26-,30-29-,33-32-,36-35-,39-38-,42-41-,45-44-,49-47-,50-48-,56-54-,62-60-. The number of ether oxygens (including phenoxy) is 2. The Kier molecular flexibility index (Phi) is 58.1. The predicted octanol–water partition coefficient (Wildman–Crippen LogP) is 20.1. The summed E-state index contributed by atoms with van der Waals surface area (Å²) in [5, 5.41) is 0. The molecule has 0 aliphatic carbocycles. The maximum absolute atomic E-state index is 12.8. The first-order chi connectivity index (χ1) is 41.0. The molecule has 0 spiro atoms. The Balaban J connectivity index is 4.24. The minimum atomic E-state index is -4.67. The van der Waals surface area contributed by atoms with Crippen LogP contribution in [0.4, 0.5) is 0 Å². The van der Waals surface area contributed by atoms with E-state index < -0.39 is 32.5 Å². The van der Waals surface area contributed by atoms with Gasteiger partial charge in [0.05, 0.1) is 27.7 Å². The second-order valence-electron chi connectivity index (χ2n) is 21.3. The van der Waals surface area contributed by atoms with E-state index in [0.29, 0.717) is 23.9 Å². The Labute approximate surface area is 513 Å². The van der Waals surface area contributed by atoms with Crippen molar-refractivity contribution in [2.75, 3.05) is 47.5 Å². The molecular formula is C74H114NO8P. The number of likely N-dealkylation sites (N-methyl/N-ethyl adjacent to an activating group) is 1. The molecule has 0 saturated carbocycles. The second kappa shape index (κ2) is 62.1. The Bertz CT molecular complexity index is 2170. The molecule has 9 nitrogen and oxygen atoms in total. The molecule has 0 radical (unpaired) electrons. The van der Waals surface area contributed by atoms with Crippen LogP contribution in [0, 0.1) is 0 Å². The van der Waals surface area contributed by atoms with E-state index in [9.17, 15) is 19.0 Å². The number of hydrogen-bond acceptors (Lipinski definition) is 8. The van der Waals surface area contributed by atoms with Crippen molar-refractivity contribution in [1.29, 1.82) is 0 Å². The van der Waals surface area contributed by atoms with Gasteiger partial charge in [0.25, 0.3) is 7.82 Å². The lowest BCUT2D eigenvalue weighted by atomic mass is 10.1. The van der Waals surface area contributed by atoms with Crippen molar-refractivity contribution in [1.82, 2.24) is 0 Å². The van der Waals surface area contributed by atoms with E-state index in [4.69, 9.17) is 18.5 Å². The lowest BCUT2D eigenvalue weighted by Gasteiger charge is -2.28. The quantitative estimate of drug-likeness (QED) is 0.0195. The number of phosphoric ester groups is 1. The minimum absolute atomic E-state index is 0.0564. The lowest BCUT2D eigenvalue weighted by molar-refractivity contribution is -0.870. The monoisotopic (exact) mass is 1180 g/mol. The largest absolute Gasteiger partial charge is 0.756 e. The van der Waals surface area contributed by atoms with Crippen molar-refractivity contribution < 1.29 is 42.1 Å².